The summed E-state index contributed by atoms with van der Waals surface area (Å²) >= 11 is 0. The maximum Gasteiger partial charge on any atom is 0.163 e. The third-order valence-corrected chi connectivity index (χ3v) is 3.66. The molecule has 0 atom stereocenters. The summed E-state index contributed by atoms with van der Waals surface area (Å²) in [5.41, 5.74) is 10.5. The lowest BCUT2D eigenvalue weighted by Crippen LogP contribution is -2.15. The Morgan fingerprint density at radius 1 is 1.10 bits per heavy atom. The van der Waals surface area contributed by atoms with Crippen LogP contribution in [0.4, 0.5) is 5.69 Å². The second-order valence-corrected chi connectivity index (χ2v) is 5.17. The number of nitrogens with one attached hydrogen (secondary N) is 1. The summed E-state index contributed by atoms with van der Waals surface area (Å²) in [7, 11) is 0. The van der Waals surface area contributed by atoms with Crippen LogP contribution in [0.1, 0.15) is 5.56 Å². The van der Waals surface area contributed by atoms with Crippen molar-refractivity contribution >= 4 is 16.7 Å². The van der Waals surface area contributed by atoms with Crippen LogP contribution in [0.25, 0.3) is 22.4 Å². The summed E-state index contributed by atoms with van der Waals surface area (Å²) in [5.74, 6) is 2.31. The van der Waals surface area contributed by atoms with Gasteiger partial charge in [0.25, 0.3) is 0 Å². The van der Waals surface area contributed by atoms with Crippen LogP contribution in [0.15, 0.2) is 30.3 Å². The number of H-pyrrole nitrogens is 1. The molecular weight excluding hydrogens is 266 g/mol. The van der Waals surface area contributed by atoms with Crippen LogP contribution in [0.5, 0.6) is 11.5 Å². The van der Waals surface area contributed by atoms with Gasteiger partial charge in [-0.3, -0.25) is 0 Å². The van der Waals surface area contributed by atoms with Crippen molar-refractivity contribution in [1.82, 2.24) is 9.97 Å². The molecule has 0 bridgehead atoms. The minimum atomic E-state index is 0.574. The van der Waals surface area contributed by atoms with Crippen LogP contribution in [-0.4, -0.2) is 23.2 Å². The van der Waals surface area contributed by atoms with Gasteiger partial charge in [0.05, 0.1) is 11.0 Å². The van der Waals surface area contributed by atoms with E-state index in [1.165, 1.54) is 0 Å². The summed E-state index contributed by atoms with van der Waals surface area (Å²) in [6, 6.07) is 9.66. The molecule has 5 heteroatoms. The first-order chi connectivity index (χ1) is 10.2. The second-order valence-electron chi connectivity index (χ2n) is 5.17. The maximum atomic E-state index is 5.88. The highest BCUT2D eigenvalue weighted by molar-refractivity contribution is 5.84. The highest BCUT2D eigenvalue weighted by atomic mass is 16.6. The van der Waals surface area contributed by atoms with Gasteiger partial charge in [-0.15, -0.1) is 0 Å². The number of ether oxygens (including phenoxy) is 2. The number of aryl methyl sites for hydroxylation is 1. The topological polar surface area (TPSA) is 73.2 Å². The lowest BCUT2D eigenvalue weighted by atomic mass is 10.1. The standard InChI is InChI=1S/C16H15N3O2/c1-9-2-3-10(17)6-11(9)16-18-12-7-14-15(8-13(12)19-16)21-5-4-20-14/h2-3,6-8H,4-5,17H2,1H3,(H,18,19). The number of nitrogens with zero attached hydrogens (tertiary/aromatic N) is 1. The number of rotatable bonds is 1. The summed E-state index contributed by atoms with van der Waals surface area (Å²) in [4.78, 5) is 7.97. The SMILES string of the molecule is Cc1ccc(N)cc1-c1nc2cc3c(cc2[nH]1)OCCO3. The molecule has 2 heterocycles. The first-order valence-corrected chi connectivity index (χ1v) is 6.86. The van der Waals surface area contributed by atoms with E-state index in [-0.39, 0.29) is 0 Å². The molecule has 1 aliphatic rings. The van der Waals surface area contributed by atoms with Gasteiger partial charge in [-0.05, 0) is 24.6 Å². The zero-order chi connectivity index (χ0) is 14.4. The third kappa shape index (κ3) is 1.98. The number of imidazole rings is 1. The van der Waals surface area contributed by atoms with Crippen LogP contribution in [0.3, 0.4) is 0 Å². The fourth-order valence-electron chi connectivity index (χ4n) is 2.57. The molecule has 0 fully saturated rings. The van der Waals surface area contributed by atoms with E-state index >= 15 is 0 Å². The van der Waals surface area contributed by atoms with E-state index in [9.17, 15) is 0 Å². The number of aromatic nitrogens is 2. The summed E-state index contributed by atoms with van der Waals surface area (Å²) < 4.78 is 11.2. The molecule has 0 spiro atoms. The molecule has 5 nitrogen and oxygen atoms in total. The molecule has 0 amide bonds. The average molecular weight is 281 g/mol. The number of aromatic amines is 1. The summed E-state index contributed by atoms with van der Waals surface area (Å²) in [5, 5.41) is 0. The van der Waals surface area contributed by atoms with Crippen LogP contribution in [0.2, 0.25) is 0 Å². The lowest BCUT2D eigenvalue weighted by Gasteiger charge is -2.17. The molecule has 0 saturated carbocycles. The third-order valence-electron chi connectivity index (χ3n) is 3.66. The molecule has 0 unspecified atom stereocenters. The Labute approximate surface area is 121 Å². The molecule has 0 aliphatic carbocycles. The fourth-order valence-corrected chi connectivity index (χ4v) is 2.57. The van der Waals surface area contributed by atoms with Gasteiger partial charge in [-0.1, -0.05) is 6.07 Å². The molecule has 0 radical (unpaired) electrons. The van der Waals surface area contributed by atoms with E-state index in [2.05, 4.69) is 9.97 Å². The first kappa shape index (κ1) is 12.1. The van der Waals surface area contributed by atoms with Crippen molar-refractivity contribution in [2.75, 3.05) is 18.9 Å². The van der Waals surface area contributed by atoms with Crippen molar-refractivity contribution in [3.63, 3.8) is 0 Å². The van der Waals surface area contributed by atoms with Gasteiger partial charge in [0.2, 0.25) is 0 Å². The highest BCUT2D eigenvalue weighted by Gasteiger charge is 2.16. The van der Waals surface area contributed by atoms with Gasteiger partial charge in [0, 0.05) is 23.4 Å². The van der Waals surface area contributed by atoms with Crippen molar-refractivity contribution in [3.05, 3.63) is 35.9 Å². The van der Waals surface area contributed by atoms with Gasteiger partial charge in [-0.2, -0.15) is 0 Å². The second kappa shape index (κ2) is 4.41. The van der Waals surface area contributed by atoms with Gasteiger partial charge < -0.3 is 20.2 Å². The van der Waals surface area contributed by atoms with E-state index in [0.717, 1.165) is 45.2 Å². The molecular formula is C16H15N3O2. The maximum absolute atomic E-state index is 5.88. The Hall–Kier alpha value is -2.69. The zero-order valence-electron chi connectivity index (χ0n) is 11.6. The molecule has 1 aliphatic heterocycles. The summed E-state index contributed by atoms with van der Waals surface area (Å²) in [6.45, 7) is 3.19. The van der Waals surface area contributed by atoms with Gasteiger partial charge in [0.15, 0.2) is 11.5 Å². The number of benzene rings is 2. The number of nitrogen functional groups attached to an aromatic ring is 1. The van der Waals surface area contributed by atoms with Crippen LogP contribution in [0, 0.1) is 6.92 Å². The predicted octanol–water partition coefficient (Wildman–Crippen LogP) is 2.89. The van der Waals surface area contributed by atoms with Crippen molar-refractivity contribution in [2.45, 2.75) is 6.92 Å². The van der Waals surface area contributed by atoms with E-state index < -0.39 is 0 Å². The first-order valence-electron chi connectivity index (χ1n) is 6.86. The largest absolute Gasteiger partial charge is 0.486 e. The quantitative estimate of drug-likeness (QED) is 0.673. The fraction of sp³-hybridized carbons (Fsp3) is 0.188. The summed E-state index contributed by atoms with van der Waals surface area (Å²) in [6.07, 6.45) is 0. The normalized spacial score (nSPS) is 13.6. The molecule has 3 N–H and O–H groups in total. The number of hydrogen-bond donors (Lipinski definition) is 2. The van der Waals surface area contributed by atoms with E-state index in [4.69, 9.17) is 15.2 Å². The molecule has 106 valence electrons. The Morgan fingerprint density at radius 2 is 1.86 bits per heavy atom. The highest BCUT2D eigenvalue weighted by Crippen LogP contribution is 2.35. The Bertz CT molecular complexity index is 796. The van der Waals surface area contributed by atoms with Crippen molar-refractivity contribution in [1.29, 1.82) is 0 Å². The van der Waals surface area contributed by atoms with E-state index in [1.807, 2.05) is 37.3 Å². The number of nitrogens with two attached hydrogens (primary N) is 1. The molecule has 0 saturated heterocycles. The molecule has 21 heavy (non-hydrogen) atoms. The zero-order valence-corrected chi connectivity index (χ0v) is 11.6. The Kier molecular flexibility index (Phi) is 2.54. The minimum absolute atomic E-state index is 0.574. The van der Waals surface area contributed by atoms with Gasteiger partial charge in [0.1, 0.15) is 19.0 Å². The van der Waals surface area contributed by atoms with Crippen LogP contribution in [-0.2, 0) is 0 Å². The van der Waals surface area contributed by atoms with Gasteiger partial charge in [-0.25, -0.2) is 4.98 Å². The predicted molar refractivity (Wildman–Crippen MR) is 81.7 cm³/mol. The van der Waals surface area contributed by atoms with E-state index in [1.54, 1.807) is 0 Å². The van der Waals surface area contributed by atoms with E-state index in [0.29, 0.717) is 13.2 Å². The smallest absolute Gasteiger partial charge is 0.163 e. The molecule has 1 aromatic heterocycles. The average Bonchev–Trinajstić information content (AvgIpc) is 2.89. The Balaban J connectivity index is 1.88. The van der Waals surface area contributed by atoms with Crippen LogP contribution < -0.4 is 15.2 Å². The Morgan fingerprint density at radius 3 is 2.67 bits per heavy atom. The van der Waals surface area contributed by atoms with Crippen LogP contribution >= 0.6 is 0 Å². The van der Waals surface area contributed by atoms with Crippen molar-refractivity contribution in [3.8, 4) is 22.9 Å². The number of anilines is 1. The number of hydrogen-bond acceptors (Lipinski definition) is 4. The van der Waals surface area contributed by atoms with Gasteiger partial charge >= 0.3 is 0 Å². The molecule has 2 aromatic carbocycles. The molecule has 3 aromatic rings. The van der Waals surface area contributed by atoms with Crippen molar-refractivity contribution < 1.29 is 9.47 Å². The monoisotopic (exact) mass is 281 g/mol. The molecule has 4 rings (SSSR count). The number of fused-ring (bicyclic) bond motifs is 2. The minimum Gasteiger partial charge on any atom is -0.486 e. The van der Waals surface area contributed by atoms with Crippen molar-refractivity contribution in [2.24, 2.45) is 0 Å². The lowest BCUT2D eigenvalue weighted by molar-refractivity contribution is 0.172.